The molecule has 0 rings (SSSR count). The molecule has 1 atom stereocenters. The van der Waals surface area contributed by atoms with Crippen LogP contribution in [0.15, 0.2) is 0 Å². The lowest BCUT2D eigenvalue weighted by molar-refractivity contribution is -0.211. The van der Waals surface area contributed by atoms with Crippen LogP contribution >= 0.6 is 0 Å². The van der Waals surface area contributed by atoms with Gasteiger partial charge in [0.25, 0.3) is 0 Å². The molecule has 0 saturated heterocycles. The minimum atomic E-state index is -4.48. The Bertz CT molecular complexity index is 123. The van der Waals surface area contributed by atoms with Crippen molar-refractivity contribution in [1.29, 1.82) is 0 Å². The van der Waals surface area contributed by atoms with Gasteiger partial charge in [-0.25, -0.2) is 0 Å². The maximum Gasteiger partial charge on any atom is 0.414 e. The highest BCUT2D eigenvalue weighted by molar-refractivity contribution is 4.73. The Balaban J connectivity index is 3.99. The van der Waals surface area contributed by atoms with E-state index in [1.165, 1.54) is 0 Å². The van der Waals surface area contributed by atoms with Crippen molar-refractivity contribution in [2.24, 2.45) is 5.41 Å². The highest BCUT2D eigenvalue weighted by Gasteiger charge is 2.40. The van der Waals surface area contributed by atoms with Gasteiger partial charge in [-0.05, 0) is 11.8 Å². The molecule has 0 heterocycles. The highest BCUT2D eigenvalue weighted by Crippen LogP contribution is 2.30. The first-order valence-electron chi connectivity index (χ1n) is 3.38. The SMILES string of the molecule is CC(C)(C)C[C@@H](O)C(F)(F)F. The van der Waals surface area contributed by atoms with Crippen LogP contribution in [0, 0.1) is 5.41 Å². The van der Waals surface area contributed by atoms with E-state index in [0.29, 0.717) is 0 Å². The molecule has 0 aromatic heterocycles. The summed E-state index contributed by atoms with van der Waals surface area (Å²) in [4.78, 5) is 0. The molecule has 0 aliphatic carbocycles. The maximum atomic E-state index is 11.7. The number of halogens is 3. The summed E-state index contributed by atoms with van der Waals surface area (Å²) in [6.07, 6.45) is -6.92. The van der Waals surface area contributed by atoms with Crippen LogP contribution in [0.1, 0.15) is 27.2 Å². The first kappa shape index (κ1) is 10.8. The van der Waals surface area contributed by atoms with E-state index in [9.17, 15) is 13.2 Å². The van der Waals surface area contributed by atoms with E-state index in [2.05, 4.69) is 0 Å². The summed E-state index contributed by atoms with van der Waals surface area (Å²) in [6.45, 7) is 4.96. The Kier molecular flexibility index (Phi) is 2.94. The smallest absolute Gasteiger partial charge is 0.384 e. The Hall–Kier alpha value is -0.250. The van der Waals surface area contributed by atoms with Crippen LogP contribution in [-0.4, -0.2) is 17.4 Å². The van der Waals surface area contributed by atoms with Gasteiger partial charge in [0.05, 0.1) is 0 Å². The van der Waals surface area contributed by atoms with Crippen LogP contribution in [0.25, 0.3) is 0 Å². The van der Waals surface area contributed by atoms with Gasteiger partial charge in [-0.15, -0.1) is 0 Å². The van der Waals surface area contributed by atoms with E-state index >= 15 is 0 Å². The molecule has 0 fully saturated rings. The molecule has 0 bridgehead atoms. The van der Waals surface area contributed by atoms with Crippen molar-refractivity contribution in [2.45, 2.75) is 39.5 Å². The number of rotatable bonds is 1. The molecule has 0 radical (unpaired) electrons. The second-order valence-corrected chi connectivity index (χ2v) is 3.82. The molecule has 1 nitrogen and oxygen atoms in total. The summed E-state index contributed by atoms with van der Waals surface area (Å²) in [5.74, 6) is 0. The summed E-state index contributed by atoms with van der Waals surface area (Å²) in [5, 5.41) is 8.60. The highest BCUT2D eigenvalue weighted by atomic mass is 19.4. The molecule has 0 aromatic rings. The van der Waals surface area contributed by atoms with Gasteiger partial charge >= 0.3 is 6.18 Å². The number of hydrogen-bond donors (Lipinski definition) is 1. The van der Waals surface area contributed by atoms with Crippen molar-refractivity contribution in [1.82, 2.24) is 0 Å². The van der Waals surface area contributed by atoms with Crippen LogP contribution in [0.5, 0.6) is 0 Å². The molecule has 0 spiro atoms. The molecule has 4 heteroatoms. The average molecular weight is 170 g/mol. The number of aliphatic hydroxyl groups is 1. The predicted molar refractivity (Wildman–Crippen MR) is 36.1 cm³/mol. The zero-order chi connectivity index (χ0) is 9.28. The van der Waals surface area contributed by atoms with Crippen molar-refractivity contribution in [2.75, 3.05) is 0 Å². The van der Waals surface area contributed by atoms with Crippen molar-refractivity contribution >= 4 is 0 Å². The van der Waals surface area contributed by atoms with Gasteiger partial charge in [0.15, 0.2) is 0 Å². The maximum absolute atomic E-state index is 11.7. The fourth-order valence-electron chi connectivity index (χ4n) is 0.696. The Morgan fingerprint density at radius 2 is 1.55 bits per heavy atom. The first-order chi connectivity index (χ1) is 4.63. The lowest BCUT2D eigenvalue weighted by Gasteiger charge is -2.23. The van der Waals surface area contributed by atoms with Gasteiger partial charge in [-0.2, -0.15) is 13.2 Å². The summed E-state index contributed by atoms with van der Waals surface area (Å²) in [5.41, 5.74) is -0.491. The molecular formula is C7H13F3O. The van der Waals surface area contributed by atoms with Crippen LogP contribution in [-0.2, 0) is 0 Å². The van der Waals surface area contributed by atoms with Crippen molar-refractivity contribution in [3.05, 3.63) is 0 Å². The quantitative estimate of drug-likeness (QED) is 0.640. The largest absolute Gasteiger partial charge is 0.414 e. The molecule has 0 saturated carbocycles. The topological polar surface area (TPSA) is 20.2 Å². The summed E-state index contributed by atoms with van der Waals surface area (Å²) in [6, 6.07) is 0. The van der Waals surface area contributed by atoms with Gasteiger partial charge in [0, 0.05) is 0 Å². The van der Waals surface area contributed by atoms with E-state index in [-0.39, 0.29) is 6.42 Å². The molecule has 0 unspecified atom stereocenters. The molecule has 11 heavy (non-hydrogen) atoms. The van der Waals surface area contributed by atoms with Crippen LogP contribution < -0.4 is 0 Å². The van der Waals surface area contributed by atoms with E-state index in [1.807, 2.05) is 0 Å². The Morgan fingerprint density at radius 1 is 1.18 bits per heavy atom. The normalized spacial score (nSPS) is 16.6. The molecular weight excluding hydrogens is 157 g/mol. The van der Waals surface area contributed by atoms with Gasteiger partial charge in [-0.1, -0.05) is 20.8 Å². The third-order valence-electron chi connectivity index (χ3n) is 1.18. The average Bonchev–Trinajstić information content (AvgIpc) is 1.56. The second-order valence-electron chi connectivity index (χ2n) is 3.82. The second kappa shape index (κ2) is 3.01. The first-order valence-corrected chi connectivity index (χ1v) is 3.38. The predicted octanol–water partition coefficient (Wildman–Crippen LogP) is 2.35. The molecule has 0 aliphatic heterocycles. The Labute approximate surface area is 64.2 Å². The molecule has 68 valence electrons. The number of hydrogen-bond acceptors (Lipinski definition) is 1. The van der Waals surface area contributed by atoms with Gasteiger partial charge in [0.1, 0.15) is 6.10 Å². The lowest BCUT2D eigenvalue weighted by atomic mass is 9.89. The minimum Gasteiger partial charge on any atom is -0.384 e. The number of aliphatic hydroxyl groups excluding tert-OH is 1. The molecule has 1 N–H and O–H groups in total. The fraction of sp³-hybridized carbons (Fsp3) is 1.00. The van der Waals surface area contributed by atoms with E-state index in [0.717, 1.165) is 0 Å². The zero-order valence-corrected chi connectivity index (χ0v) is 6.87. The third kappa shape index (κ3) is 5.07. The van der Waals surface area contributed by atoms with E-state index < -0.39 is 17.7 Å². The minimum absolute atomic E-state index is 0.253. The van der Waals surface area contributed by atoms with Crippen molar-refractivity contribution in [3.8, 4) is 0 Å². The monoisotopic (exact) mass is 170 g/mol. The van der Waals surface area contributed by atoms with Crippen molar-refractivity contribution in [3.63, 3.8) is 0 Å². The van der Waals surface area contributed by atoms with Crippen LogP contribution in [0.2, 0.25) is 0 Å². The number of alkyl halides is 3. The van der Waals surface area contributed by atoms with Crippen LogP contribution in [0.4, 0.5) is 13.2 Å². The van der Waals surface area contributed by atoms with Gasteiger partial charge < -0.3 is 5.11 Å². The van der Waals surface area contributed by atoms with E-state index in [4.69, 9.17) is 5.11 Å². The lowest BCUT2D eigenvalue weighted by Crippen LogP contribution is -2.32. The van der Waals surface area contributed by atoms with Crippen LogP contribution in [0.3, 0.4) is 0 Å². The van der Waals surface area contributed by atoms with E-state index in [1.54, 1.807) is 20.8 Å². The zero-order valence-electron chi connectivity index (χ0n) is 6.87. The third-order valence-corrected chi connectivity index (χ3v) is 1.18. The molecule has 0 amide bonds. The standard InChI is InChI=1S/C7H13F3O/c1-6(2,3)4-5(11)7(8,9)10/h5,11H,4H2,1-3H3/t5-/m1/s1. The van der Waals surface area contributed by atoms with Gasteiger partial charge in [0.2, 0.25) is 0 Å². The Morgan fingerprint density at radius 3 is 1.64 bits per heavy atom. The summed E-state index contributed by atoms with van der Waals surface area (Å²) >= 11 is 0. The molecule has 0 aromatic carbocycles. The van der Waals surface area contributed by atoms with Gasteiger partial charge in [-0.3, -0.25) is 0 Å². The summed E-state index contributed by atoms with van der Waals surface area (Å²) in [7, 11) is 0. The van der Waals surface area contributed by atoms with Crippen molar-refractivity contribution < 1.29 is 18.3 Å². The fourth-order valence-corrected chi connectivity index (χ4v) is 0.696. The summed E-state index contributed by atoms with van der Waals surface area (Å²) < 4.78 is 35.2. The molecule has 0 aliphatic rings.